The summed E-state index contributed by atoms with van der Waals surface area (Å²) in [5.41, 5.74) is 2.93. The molecule has 0 aliphatic rings. The molecule has 0 atom stereocenters. The highest BCUT2D eigenvalue weighted by atomic mass is 32.1. The molecule has 0 bridgehead atoms. The van der Waals surface area contributed by atoms with Gasteiger partial charge in [-0.1, -0.05) is 25.5 Å². The fourth-order valence-corrected chi connectivity index (χ4v) is 4.22. The number of thiophene rings is 1. The molecule has 2 aromatic rings. The topological polar surface area (TPSA) is 76.7 Å². The fraction of sp³-hybridized carbons (Fsp3) is 0.409. The van der Waals surface area contributed by atoms with E-state index >= 15 is 0 Å². The number of benzene rings is 1. The number of rotatable bonds is 9. The van der Waals surface area contributed by atoms with Crippen LogP contribution in [-0.4, -0.2) is 30.3 Å². The first-order chi connectivity index (χ1) is 14.4. The number of hydrogen-bond acceptors (Lipinski definition) is 6. The van der Waals surface area contributed by atoms with E-state index in [-0.39, 0.29) is 13.2 Å². The van der Waals surface area contributed by atoms with Gasteiger partial charge in [0.15, 0.2) is 5.11 Å². The normalized spacial score (nSPS) is 10.4. The number of unbranched alkanes of at least 4 members (excludes halogenated alkanes) is 1. The zero-order valence-corrected chi connectivity index (χ0v) is 19.4. The van der Waals surface area contributed by atoms with Crippen molar-refractivity contribution < 1.29 is 19.1 Å². The standard InChI is InChI=1S/C22H28N2O4S2/c1-5-8-9-15-10-12-16(13-11-15)23-22(29)24-19-17(20(25)27-6-2)14(4)18(30-19)21(26)28-7-3/h10-13H,5-9H2,1-4H3,(H2,23,24,29). The van der Waals surface area contributed by atoms with Crippen molar-refractivity contribution in [2.45, 2.75) is 47.0 Å². The van der Waals surface area contributed by atoms with E-state index in [1.54, 1.807) is 20.8 Å². The summed E-state index contributed by atoms with van der Waals surface area (Å²) in [5.74, 6) is -0.979. The number of ether oxygens (including phenoxy) is 2. The number of carbonyl (C=O) groups excluding carboxylic acids is 2. The van der Waals surface area contributed by atoms with E-state index in [0.717, 1.165) is 36.3 Å². The van der Waals surface area contributed by atoms with Crippen LogP contribution in [0.15, 0.2) is 24.3 Å². The van der Waals surface area contributed by atoms with E-state index in [1.165, 1.54) is 5.56 Å². The number of carbonyl (C=O) groups is 2. The average molecular weight is 449 g/mol. The molecule has 162 valence electrons. The Kier molecular flexibility index (Phi) is 9.26. The number of aryl methyl sites for hydroxylation is 1. The van der Waals surface area contributed by atoms with Crippen LogP contribution < -0.4 is 10.6 Å². The Labute approximate surface area is 187 Å². The van der Waals surface area contributed by atoms with Gasteiger partial charge in [0.1, 0.15) is 9.88 Å². The first kappa shape index (κ1) is 23.8. The van der Waals surface area contributed by atoms with Gasteiger partial charge in [0.2, 0.25) is 0 Å². The van der Waals surface area contributed by atoms with Gasteiger partial charge in [-0.05, 0) is 69.1 Å². The molecule has 0 unspecified atom stereocenters. The minimum atomic E-state index is -0.507. The summed E-state index contributed by atoms with van der Waals surface area (Å²) < 4.78 is 10.3. The van der Waals surface area contributed by atoms with E-state index in [9.17, 15) is 9.59 Å². The predicted molar refractivity (Wildman–Crippen MR) is 126 cm³/mol. The van der Waals surface area contributed by atoms with E-state index in [4.69, 9.17) is 21.7 Å². The van der Waals surface area contributed by atoms with Gasteiger partial charge >= 0.3 is 11.9 Å². The van der Waals surface area contributed by atoms with Gasteiger partial charge in [0, 0.05) is 5.69 Å². The minimum absolute atomic E-state index is 0.232. The highest BCUT2D eigenvalue weighted by molar-refractivity contribution is 7.80. The molecule has 6 nitrogen and oxygen atoms in total. The second-order valence-electron chi connectivity index (χ2n) is 6.58. The van der Waals surface area contributed by atoms with E-state index in [1.807, 2.05) is 12.1 Å². The number of esters is 2. The van der Waals surface area contributed by atoms with Crippen molar-refractivity contribution in [3.05, 3.63) is 45.8 Å². The third kappa shape index (κ3) is 6.27. The lowest BCUT2D eigenvalue weighted by Crippen LogP contribution is -2.20. The maximum Gasteiger partial charge on any atom is 0.348 e. The van der Waals surface area contributed by atoms with Crippen molar-refractivity contribution in [2.24, 2.45) is 0 Å². The molecule has 0 amide bonds. The second kappa shape index (κ2) is 11.7. The van der Waals surface area contributed by atoms with Gasteiger partial charge in [-0.15, -0.1) is 11.3 Å². The van der Waals surface area contributed by atoms with Crippen LogP contribution in [0.5, 0.6) is 0 Å². The SMILES string of the molecule is CCCCc1ccc(NC(=S)Nc2sc(C(=O)OCC)c(C)c2C(=O)OCC)cc1. The van der Waals surface area contributed by atoms with Crippen LogP contribution >= 0.6 is 23.6 Å². The second-order valence-corrected chi connectivity index (χ2v) is 8.01. The van der Waals surface area contributed by atoms with Gasteiger partial charge in [-0.3, -0.25) is 0 Å². The molecule has 0 saturated heterocycles. The highest BCUT2D eigenvalue weighted by Crippen LogP contribution is 2.34. The minimum Gasteiger partial charge on any atom is -0.462 e. The molecule has 0 saturated carbocycles. The Bertz CT molecular complexity index is 891. The molecule has 1 aromatic heterocycles. The van der Waals surface area contributed by atoms with Crippen LogP contribution in [0.3, 0.4) is 0 Å². The zero-order valence-electron chi connectivity index (χ0n) is 17.8. The lowest BCUT2D eigenvalue weighted by atomic mass is 10.1. The molecule has 0 radical (unpaired) electrons. The van der Waals surface area contributed by atoms with Gasteiger partial charge in [0.05, 0.1) is 18.8 Å². The third-order valence-corrected chi connectivity index (χ3v) is 5.74. The van der Waals surface area contributed by atoms with Gasteiger partial charge in [-0.2, -0.15) is 0 Å². The molecule has 8 heteroatoms. The van der Waals surface area contributed by atoms with Gasteiger partial charge in [-0.25, -0.2) is 9.59 Å². The number of thiocarbonyl (C=S) groups is 1. The summed E-state index contributed by atoms with van der Waals surface area (Å²) in [6.45, 7) is 7.82. The molecular weight excluding hydrogens is 420 g/mol. The van der Waals surface area contributed by atoms with Crippen molar-refractivity contribution in [2.75, 3.05) is 23.8 Å². The number of anilines is 2. The molecule has 0 spiro atoms. The quantitative estimate of drug-likeness (QED) is 0.384. The molecule has 2 N–H and O–H groups in total. The van der Waals surface area contributed by atoms with Crippen LogP contribution in [0.1, 0.15) is 64.8 Å². The van der Waals surface area contributed by atoms with Gasteiger partial charge in [0.25, 0.3) is 0 Å². The lowest BCUT2D eigenvalue weighted by Gasteiger charge is -2.11. The third-order valence-electron chi connectivity index (χ3n) is 4.35. The van der Waals surface area contributed by atoms with Crippen molar-refractivity contribution in [1.29, 1.82) is 0 Å². The van der Waals surface area contributed by atoms with E-state index in [2.05, 4.69) is 29.7 Å². The molecular formula is C22H28N2O4S2. The van der Waals surface area contributed by atoms with Crippen molar-refractivity contribution >= 4 is 51.3 Å². The van der Waals surface area contributed by atoms with Crippen LogP contribution in [0.2, 0.25) is 0 Å². The fourth-order valence-electron chi connectivity index (χ4n) is 2.84. The smallest absolute Gasteiger partial charge is 0.348 e. The van der Waals surface area contributed by atoms with Gasteiger partial charge < -0.3 is 20.1 Å². The first-order valence-corrected chi connectivity index (χ1v) is 11.3. The molecule has 0 aliphatic heterocycles. The Morgan fingerprint density at radius 1 is 1.00 bits per heavy atom. The monoisotopic (exact) mass is 448 g/mol. The Hall–Kier alpha value is -2.45. The molecule has 30 heavy (non-hydrogen) atoms. The van der Waals surface area contributed by atoms with E-state index in [0.29, 0.717) is 26.1 Å². The largest absolute Gasteiger partial charge is 0.462 e. The molecule has 2 rings (SSSR count). The molecule has 0 aliphatic carbocycles. The average Bonchev–Trinajstić information content (AvgIpc) is 3.03. The summed E-state index contributed by atoms with van der Waals surface area (Å²) in [7, 11) is 0. The van der Waals surface area contributed by atoms with Crippen LogP contribution in [-0.2, 0) is 15.9 Å². The Balaban J connectivity index is 2.19. The summed E-state index contributed by atoms with van der Waals surface area (Å²) in [6.07, 6.45) is 3.36. The van der Waals surface area contributed by atoms with Crippen LogP contribution in [0.4, 0.5) is 10.7 Å². The molecule has 1 heterocycles. The summed E-state index contributed by atoms with van der Waals surface area (Å²) in [6, 6.07) is 8.07. The maximum atomic E-state index is 12.5. The van der Waals surface area contributed by atoms with Crippen LogP contribution in [0.25, 0.3) is 0 Å². The van der Waals surface area contributed by atoms with Crippen molar-refractivity contribution in [1.82, 2.24) is 0 Å². The Morgan fingerprint density at radius 2 is 1.63 bits per heavy atom. The zero-order chi connectivity index (χ0) is 22.1. The number of hydrogen-bond donors (Lipinski definition) is 2. The number of nitrogens with one attached hydrogen (secondary N) is 2. The van der Waals surface area contributed by atoms with Crippen molar-refractivity contribution in [3.63, 3.8) is 0 Å². The van der Waals surface area contributed by atoms with E-state index < -0.39 is 11.9 Å². The molecule has 1 aromatic carbocycles. The highest BCUT2D eigenvalue weighted by Gasteiger charge is 2.26. The summed E-state index contributed by atoms with van der Waals surface area (Å²) >= 11 is 6.54. The van der Waals surface area contributed by atoms with Crippen LogP contribution in [0, 0.1) is 6.92 Å². The Morgan fingerprint density at radius 3 is 2.23 bits per heavy atom. The maximum absolute atomic E-state index is 12.5. The first-order valence-electron chi connectivity index (χ1n) is 10.1. The van der Waals surface area contributed by atoms with Crippen molar-refractivity contribution in [3.8, 4) is 0 Å². The lowest BCUT2D eigenvalue weighted by molar-refractivity contribution is 0.0527. The summed E-state index contributed by atoms with van der Waals surface area (Å²) in [5, 5.41) is 6.92. The summed E-state index contributed by atoms with van der Waals surface area (Å²) in [4.78, 5) is 25.1. The molecule has 0 fully saturated rings. The predicted octanol–water partition coefficient (Wildman–Crippen LogP) is 5.56.